The van der Waals surface area contributed by atoms with E-state index in [1.165, 1.54) is 12.1 Å². The van der Waals surface area contributed by atoms with Crippen LogP contribution < -0.4 is 5.73 Å². The molecule has 0 amide bonds. The van der Waals surface area contributed by atoms with Gasteiger partial charge in [-0.05, 0) is 12.0 Å². The molecule has 0 saturated carbocycles. The van der Waals surface area contributed by atoms with Crippen molar-refractivity contribution in [1.29, 1.82) is 0 Å². The number of thiazole rings is 1. The quantitative estimate of drug-likeness (QED) is 0.673. The second-order valence-electron chi connectivity index (χ2n) is 4.17. The van der Waals surface area contributed by atoms with Crippen LogP contribution in [0.15, 0.2) is 29.6 Å². The van der Waals surface area contributed by atoms with E-state index < -0.39 is 4.92 Å². The van der Waals surface area contributed by atoms with Crippen molar-refractivity contribution in [1.82, 2.24) is 4.98 Å². The minimum atomic E-state index is -0.403. The molecule has 0 unspecified atom stereocenters. The molecule has 2 rings (SSSR count). The minimum Gasteiger partial charge on any atom is -0.329 e. The van der Waals surface area contributed by atoms with Crippen molar-refractivity contribution in [2.24, 2.45) is 5.73 Å². The molecule has 0 saturated heterocycles. The van der Waals surface area contributed by atoms with Gasteiger partial charge in [0.1, 0.15) is 5.01 Å². The zero-order chi connectivity index (χ0) is 13.8. The van der Waals surface area contributed by atoms with Gasteiger partial charge in [-0.15, -0.1) is 11.3 Å². The van der Waals surface area contributed by atoms with E-state index in [0.717, 1.165) is 22.7 Å². The first-order valence-electron chi connectivity index (χ1n) is 6.04. The zero-order valence-electron chi connectivity index (χ0n) is 10.6. The Kier molecular flexibility index (Phi) is 4.24. The monoisotopic (exact) mass is 277 g/mol. The van der Waals surface area contributed by atoms with E-state index in [1.807, 2.05) is 5.38 Å². The molecule has 0 fully saturated rings. The normalized spacial score (nSPS) is 12.3. The first-order chi connectivity index (χ1) is 9.15. The number of aromatic nitrogens is 1. The molecule has 1 aromatic heterocycles. The lowest BCUT2D eigenvalue weighted by atomic mass is 10.00. The number of nitrogens with two attached hydrogens (primary N) is 1. The summed E-state index contributed by atoms with van der Waals surface area (Å²) in [5.41, 5.74) is 7.93. The van der Waals surface area contributed by atoms with Gasteiger partial charge in [-0.25, -0.2) is 4.98 Å². The van der Waals surface area contributed by atoms with Crippen LogP contribution in [0.5, 0.6) is 0 Å². The molecule has 1 atom stereocenters. The summed E-state index contributed by atoms with van der Waals surface area (Å²) in [6.07, 6.45) is 0.897. The van der Waals surface area contributed by atoms with Gasteiger partial charge < -0.3 is 5.73 Å². The molecule has 0 radical (unpaired) electrons. The molecule has 5 nitrogen and oxygen atoms in total. The number of hydrogen-bond acceptors (Lipinski definition) is 5. The molecule has 0 spiro atoms. The van der Waals surface area contributed by atoms with Crippen molar-refractivity contribution in [2.45, 2.75) is 19.3 Å². The summed E-state index contributed by atoms with van der Waals surface area (Å²) < 4.78 is 0. The predicted octanol–water partition coefficient (Wildman–Crippen LogP) is 2.70. The molecule has 2 N–H and O–H groups in total. The molecule has 2 aromatic rings. The lowest BCUT2D eigenvalue weighted by Gasteiger charge is -2.11. The number of hydrogen-bond donors (Lipinski definition) is 1. The van der Waals surface area contributed by atoms with Crippen LogP contribution in [0, 0.1) is 10.1 Å². The topological polar surface area (TPSA) is 82.0 Å². The summed E-state index contributed by atoms with van der Waals surface area (Å²) in [4.78, 5) is 14.8. The van der Waals surface area contributed by atoms with Crippen molar-refractivity contribution in [3.05, 3.63) is 56.0 Å². The van der Waals surface area contributed by atoms with Gasteiger partial charge >= 0.3 is 0 Å². The van der Waals surface area contributed by atoms with Gasteiger partial charge in [0.25, 0.3) is 5.69 Å². The average molecular weight is 277 g/mol. The molecule has 1 aromatic carbocycles. The first kappa shape index (κ1) is 13.6. The Labute approximate surface area is 115 Å². The summed E-state index contributed by atoms with van der Waals surface area (Å²) in [5, 5.41) is 13.6. The van der Waals surface area contributed by atoms with E-state index in [-0.39, 0.29) is 11.6 Å². The van der Waals surface area contributed by atoms with Gasteiger partial charge in [-0.2, -0.15) is 0 Å². The smallest absolute Gasteiger partial charge is 0.269 e. The van der Waals surface area contributed by atoms with Crippen LogP contribution >= 0.6 is 11.3 Å². The molecular formula is C13H15N3O2S. The van der Waals surface area contributed by atoms with Crippen LogP contribution in [0.1, 0.15) is 29.1 Å². The third kappa shape index (κ3) is 2.97. The van der Waals surface area contributed by atoms with Gasteiger partial charge in [0.15, 0.2) is 0 Å². The van der Waals surface area contributed by atoms with Crippen molar-refractivity contribution in [3.63, 3.8) is 0 Å². The molecule has 1 heterocycles. The van der Waals surface area contributed by atoms with E-state index in [4.69, 9.17) is 5.73 Å². The molecule has 6 heteroatoms. The Balaban J connectivity index is 2.28. The fraction of sp³-hybridized carbons (Fsp3) is 0.308. The molecule has 100 valence electrons. The fourth-order valence-electron chi connectivity index (χ4n) is 1.85. The Morgan fingerprint density at radius 3 is 2.58 bits per heavy atom. The molecular weight excluding hydrogens is 262 g/mol. The molecule has 0 aliphatic carbocycles. The SMILES string of the molecule is CCc1csc([C@H](CN)c2ccc([N+](=O)[O-])cc2)n1. The average Bonchev–Trinajstić information content (AvgIpc) is 2.89. The van der Waals surface area contributed by atoms with Crippen molar-refractivity contribution in [2.75, 3.05) is 6.54 Å². The largest absolute Gasteiger partial charge is 0.329 e. The van der Waals surface area contributed by atoms with Crippen molar-refractivity contribution < 1.29 is 4.92 Å². The highest BCUT2D eigenvalue weighted by molar-refractivity contribution is 7.09. The van der Waals surface area contributed by atoms with Crippen molar-refractivity contribution >= 4 is 17.0 Å². The molecule has 19 heavy (non-hydrogen) atoms. The Morgan fingerprint density at radius 1 is 1.42 bits per heavy atom. The number of rotatable bonds is 5. The lowest BCUT2D eigenvalue weighted by molar-refractivity contribution is -0.384. The van der Waals surface area contributed by atoms with Gasteiger partial charge in [0.2, 0.25) is 0 Å². The molecule has 0 bridgehead atoms. The highest BCUT2D eigenvalue weighted by Gasteiger charge is 2.17. The fourth-order valence-corrected chi connectivity index (χ4v) is 2.90. The summed E-state index contributed by atoms with van der Waals surface area (Å²) in [6, 6.07) is 6.52. The second-order valence-corrected chi connectivity index (χ2v) is 5.06. The number of benzene rings is 1. The van der Waals surface area contributed by atoms with E-state index in [1.54, 1.807) is 23.5 Å². The number of nitro benzene ring substituents is 1. The lowest BCUT2D eigenvalue weighted by Crippen LogP contribution is -2.13. The maximum Gasteiger partial charge on any atom is 0.269 e. The van der Waals surface area contributed by atoms with E-state index in [9.17, 15) is 10.1 Å². The van der Waals surface area contributed by atoms with Gasteiger partial charge in [0.05, 0.1) is 10.6 Å². The number of nitrogens with zero attached hydrogens (tertiary/aromatic N) is 2. The van der Waals surface area contributed by atoms with Crippen LogP contribution in [-0.2, 0) is 6.42 Å². The number of nitro groups is 1. The summed E-state index contributed by atoms with van der Waals surface area (Å²) >= 11 is 1.59. The molecule has 0 aliphatic rings. The summed E-state index contributed by atoms with van der Waals surface area (Å²) in [5.74, 6) is 0.00565. The Hall–Kier alpha value is -1.79. The standard InChI is InChI=1S/C13H15N3O2S/c1-2-10-8-19-13(15-10)12(7-14)9-3-5-11(6-4-9)16(17)18/h3-6,8,12H,2,7,14H2,1H3/t12-/m1/s1. The van der Waals surface area contributed by atoms with Crippen LogP contribution in [-0.4, -0.2) is 16.5 Å². The maximum absolute atomic E-state index is 10.6. The third-order valence-corrected chi connectivity index (χ3v) is 3.98. The van der Waals surface area contributed by atoms with Crippen molar-refractivity contribution in [3.8, 4) is 0 Å². The summed E-state index contributed by atoms with van der Waals surface area (Å²) in [6.45, 7) is 2.50. The molecule has 0 aliphatic heterocycles. The van der Waals surface area contributed by atoms with Gasteiger partial charge in [-0.1, -0.05) is 19.1 Å². The number of aryl methyl sites for hydroxylation is 1. The first-order valence-corrected chi connectivity index (χ1v) is 6.92. The Morgan fingerprint density at radius 2 is 2.11 bits per heavy atom. The van der Waals surface area contributed by atoms with Crippen LogP contribution in [0.25, 0.3) is 0 Å². The van der Waals surface area contributed by atoms with Gasteiger partial charge in [-0.3, -0.25) is 10.1 Å². The highest BCUT2D eigenvalue weighted by Crippen LogP contribution is 2.28. The third-order valence-electron chi connectivity index (χ3n) is 2.97. The van der Waals surface area contributed by atoms with Crippen LogP contribution in [0.3, 0.4) is 0 Å². The highest BCUT2D eigenvalue weighted by atomic mass is 32.1. The Bertz CT molecular complexity index is 566. The van der Waals surface area contributed by atoms with E-state index >= 15 is 0 Å². The second kappa shape index (κ2) is 5.90. The minimum absolute atomic E-state index is 0.00565. The van der Waals surface area contributed by atoms with E-state index in [2.05, 4.69) is 11.9 Å². The summed E-state index contributed by atoms with van der Waals surface area (Å²) in [7, 11) is 0. The number of non-ortho nitro benzene ring substituents is 1. The predicted molar refractivity (Wildman–Crippen MR) is 75.5 cm³/mol. The zero-order valence-corrected chi connectivity index (χ0v) is 11.4. The van der Waals surface area contributed by atoms with Crippen LogP contribution in [0.2, 0.25) is 0 Å². The van der Waals surface area contributed by atoms with Crippen LogP contribution in [0.4, 0.5) is 5.69 Å². The van der Waals surface area contributed by atoms with E-state index in [0.29, 0.717) is 6.54 Å². The van der Waals surface area contributed by atoms with Gasteiger partial charge in [0, 0.05) is 30.0 Å². The maximum atomic E-state index is 10.6.